The number of ether oxygens (including phenoxy) is 4. The molecule has 30 heavy (non-hydrogen) atoms. The molecule has 1 N–H and O–H groups in total. The first-order valence-corrected chi connectivity index (χ1v) is 9.73. The average Bonchev–Trinajstić information content (AvgIpc) is 3.23. The van der Waals surface area contributed by atoms with Crippen LogP contribution in [0.1, 0.15) is 27.2 Å². The summed E-state index contributed by atoms with van der Waals surface area (Å²) < 4.78 is 21.8. The zero-order valence-electron chi connectivity index (χ0n) is 17.3. The van der Waals surface area contributed by atoms with Crippen LogP contribution in [0.2, 0.25) is 0 Å². The molecule has 2 aliphatic heterocycles. The average molecular weight is 418 g/mol. The molecule has 0 bridgehead atoms. The fourth-order valence-electron chi connectivity index (χ4n) is 3.67. The minimum absolute atomic E-state index is 0.0441. The monoisotopic (exact) mass is 418 g/mol. The zero-order valence-corrected chi connectivity index (χ0v) is 17.3. The van der Waals surface area contributed by atoms with Gasteiger partial charge in [-0.2, -0.15) is 0 Å². The van der Waals surface area contributed by atoms with Gasteiger partial charge in [0.2, 0.25) is 0 Å². The van der Waals surface area contributed by atoms with Crippen LogP contribution in [0.4, 0.5) is 0 Å². The van der Waals surface area contributed by atoms with E-state index in [-0.39, 0.29) is 30.5 Å². The van der Waals surface area contributed by atoms with Crippen molar-refractivity contribution in [1.82, 2.24) is 0 Å². The molecule has 0 amide bonds. The quantitative estimate of drug-likeness (QED) is 0.310. The van der Waals surface area contributed by atoms with E-state index in [4.69, 9.17) is 18.9 Å². The van der Waals surface area contributed by atoms with E-state index in [1.165, 1.54) is 13.0 Å². The molecule has 5 atom stereocenters. The lowest BCUT2D eigenvalue weighted by Crippen LogP contribution is -2.37. The Kier molecular flexibility index (Phi) is 6.28. The summed E-state index contributed by atoms with van der Waals surface area (Å²) in [6.07, 6.45) is 5.35. The van der Waals surface area contributed by atoms with E-state index >= 15 is 0 Å². The van der Waals surface area contributed by atoms with Crippen molar-refractivity contribution in [3.05, 3.63) is 47.6 Å². The second-order valence-electron chi connectivity index (χ2n) is 7.87. The highest BCUT2D eigenvalue weighted by molar-refractivity contribution is 5.92. The Morgan fingerprint density at radius 3 is 2.80 bits per heavy atom. The van der Waals surface area contributed by atoms with Gasteiger partial charge < -0.3 is 24.1 Å². The molecular formula is C22H26O8. The SMILES string of the molecule is C=C1C(=O)OC2/C=C(CO)/C=C\C3OC3(C)CC(OC(=O)/C(C)=C/COC(C)=O)C12. The van der Waals surface area contributed by atoms with Crippen LogP contribution in [0, 0.1) is 5.92 Å². The highest BCUT2D eigenvalue weighted by atomic mass is 16.6. The van der Waals surface area contributed by atoms with Crippen LogP contribution < -0.4 is 0 Å². The van der Waals surface area contributed by atoms with Crippen LogP contribution in [-0.2, 0) is 33.3 Å². The Labute approximate surface area is 174 Å². The third kappa shape index (κ3) is 4.71. The molecule has 3 aliphatic rings. The lowest BCUT2D eigenvalue weighted by molar-refractivity contribution is -0.148. The van der Waals surface area contributed by atoms with Crippen molar-refractivity contribution in [2.24, 2.45) is 5.92 Å². The Hall–Kier alpha value is -2.71. The Balaban J connectivity index is 1.87. The number of rotatable bonds is 5. The Morgan fingerprint density at radius 1 is 1.40 bits per heavy atom. The molecule has 0 spiro atoms. The third-order valence-electron chi connectivity index (χ3n) is 5.51. The lowest BCUT2D eigenvalue weighted by atomic mass is 9.83. The van der Waals surface area contributed by atoms with Crippen molar-refractivity contribution in [2.75, 3.05) is 13.2 Å². The number of hydrogen-bond donors (Lipinski definition) is 1. The summed E-state index contributed by atoms with van der Waals surface area (Å²) in [5, 5.41) is 9.64. The molecule has 0 aromatic rings. The van der Waals surface area contributed by atoms with Crippen LogP contribution in [0.15, 0.2) is 47.6 Å². The molecule has 0 radical (unpaired) electrons. The number of aliphatic hydroxyl groups is 1. The van der Waals surface area contributed by atoms with Crippen molar-refractivity contribution < 1.29 is 38.4 Å². The topological polar surface area (TPSA) is 112 Å². The fourth-order valence-corrected chi connectivity index (χ4v) is 3.67. The van der Waals surface area contributed by atoms with Gasteiger partial charge in [-0.1, -0.05) is 18.7 Å². The Bertz CT molecular complexity index is 851. The summed E-state index contributed by atoms with van der Waals surface area (Å²) in [5.41, 5.74) is 0.462. The highest BCUT2D eigenvalue weighted by Gasteiger charge is 2.56. The first kappa shape index (κ1) is 22.0. The number of carbonyl (C=O) groups excluding carboxylic acids is 3. The van der Waals surface area contributed by atoms with E-state index in [1.54, 1.807) is 19.1 Å². The van der Waals surface area contributed by atoms with Gasteiger partial charge in [-0.25, -0.2) is 9.59 Å². The number of aliphatic hydroxyl groups excluding tert-OH is 1. The van der Waals surface area contributed by atoms with Gasteiger partial charge in [0, 0.05) is 24.5 Å². The smallest absolute Gasteiger partial charge is 0.334 e. The molecular weight excluding hydrogens is 392 g/mol. The zero-order chi connectivity index (χ0) is 22.1. The van der Waals surface area contributed by atoms with Gasteiger partial charge in [0.1, 0.15) is 24.9 Å². The van der Waals surface area contributed by atoms with Crippen molar-refractivity contribution in [1.29, 1.82) is 0 Å². The van der Waals surface area contributed by atoms with Gasteiger partial charge in [-0.05, 0) is 31.6 Å². The summed E-state index contributed by atoms with van der Waals surface area (Å²) in [7, 11) is 0. The van der Waals surface area contributed by atoms with Crippen LogP contribution >= 0.6 is 0 Å². The molecule has 162 valence electrons. The predicted molar refractivity (Wildman–Crippen MR) is 105 cm³/mol. The summed E-state index contributed by atoms with van der Waals surface area (Å²) >= 11 is 0. The normalized spacial score (nSPS) is 35.9. The summed E-state index contributed by atoms with van der Waals surface area (Å²) in [6.45, 7) is 8.28. The molecule has 5 unspecified atom stereocenters. The van der Waals surface area contributed by atoms with Crippen molar-refractivity contribution >= 4 is 17.9 Å². The van der Waals surface area contributed by atoms with E-state index < -0.39 is 41.6 Å². The minimum Gasteiger partial charge on any atom is -0.462 e. The van der Waals surface area contributed by atoms with Gasteiger partial charge in [0.05, 0.1) is 18.1 Å². The van der Waals surface area contributed by atoms with Gasteiger partial charge in [-0.15, -0.1) is 0 Å². The van der Waals surface area contributed by atoms with E-state index in [0.29, 0.717) is 12.0 Å². The summed E-state index contributed by atoms with van der Waals surface area (Å²) in [5.74, 6) is -2.23. The van der Waals surface area contributed by atoms with Crippen molar-refractivity contribution in [3.63, 3.8) is 0 Å². The van der Waals surface area contributed by atoms with Crippen LogP contribution in [-0.4, -0.2) is 60.1 Å². The third-order valence-corrected chi connectivity index (χ3v) is 5.51. The maximum Gasteiger partial charge on any atom is 0.334 e. The second kappa shape index (κ2) is 8.57. The number of esters is 3. The van der Waals surface area contributed by atoms with Crippen LogP contribution in [0.25, 0.3) is 0 Å². The molecule has 3 rings (SSSR count). The molecule has 8 heteroatoms. The molecule has 0 saturated carbocycles. The molecule has 1 aliphatic carbocycles. The molecule has 2 fully saturated rings. The molecule has 0 aromatic heterocycles. The second-order valence-corrected chi connectivity index (χ2v) is 7.87. The standard InChI is InChI=1S/C22H26O8/c1-12(7-8-27-14(3)24)20(25)29-17-10-22(4)18(30-22)6-5-15(11-23)9-16-19(17)13(2)21(26)28-16/h5-7,9,16-19,23H,2,8,10-11H2,1,3-4H3/b6-5-,12-7+,15-9-. The summed E-state index contributed by atoms with van der Waals surface area (Å²) in [6, 6.07) is 0. The first-order valence-electron chi connectivity index (χ1n) is 9.73. The van der Waals surface area contributed by atoms with E-state index in [2.05, 4.69) is 6.58 Å². The molecule has 8 nitrogen and oxygen atoms in total. The van der Waals surface area contributed by atoms with Crippen LogP contribution in [0.5, 0.6) is 0 Å². The number of fused-ring (bicyclic) bond motifs is 2. The minimum atomic E-state index is -0.740. The largest absolute Gasteiger partial charge is 0.462 e. The van der Waals surface area contributed by atoms with E-state index in [1.807, 2.05) is 13.0 Å². The fraction of sp³-hybridized carbons (Fsp3) is 0.500. The van der Waals surface area contributed by atoms with Gasteiger partial charge in [-0.3, -0.25) is 4.79 Å². The van der Waals surface area contributed by atoms with Crippen LogP contribution in [0.3, 0.4) is 0 Å². The van der Waals surface area contributed by atoms with E-state index in [0.717, 1.165) is 0 Å². The van der Waals surface area contributed by atoms with Crippen molar-refractivity contribution in [3.8, 4) is 0 Å². The first-order chi connectivity index (χ1) is 14.1. The molecule has 2 saturated heterocycles. The van der Waals surface area contributed by atoms with Crippen molar-refractivity contribution in [2.45, 2.75) is 51.1 Å². The molecule has 2 heterocycles. The molecule has 0 aromatic carbocycles. The maximum absolute atomic E-state index is 12.7. The van der Waals surface area contributed by atoms with Gasteiger partial charge >= 0.3 is 17.9 Å². The Morgan fingerprint density at radius 2 is 2.13 bits per heavy atom. The number of epoxide rings is 1. The number of hydrogen-bond acceptors (Lipinski definition) is 8. The maximum atomic E-state index is 12.7. The summed E-state index contributed by atoms with van der Waals surface area (Å²) in [4.78, 5) is 35.8. The van der Waals surface area contributed by atoms with Gasteiger partial charge in [0.25, 0.3) is 0 Å². The lowest BCUT2D eigenvalue weighted by Gasteiger charge is -2.28. The highest BCUT2D eigenvalue weighted by Crippen LogP contribution is 2.46. The number of carbonyl (C=O) groups is 3. The van der Waals surface area contributed by atoms with E-state index in [9.17, 15) is 19.5 Å². The predicted octanol–water partition coefficient (Wildman–Crippen LogP) is 1.54. The van der Waals surface area contributed by atoms with Gasteiger partial charge in [0.15, 0.2) is 0 Å².